The Morgan fingerprint density at radius 1 is 1.12 bits per heavy atom. The van der Waals surface area contributed by atoms with Crippen molar-refractivity contribution in [2.24, 2.45) is 0 Å². The van der Waals surface area contributed by atoms with E-state index in [0.29, 0.717) is 5.56 Å². The second-order valence-corrected chi connectivity index (χ2v) is 5.31. The second kappa shape index (κ2) is 8.23. The first-order chi connectivity index (χ1) is 11.9. The van der Waals surface area contributed by atoms with Crippen LogP contribution in [0.25, 0.3) is 0 Å². The molecule has 1 N–H and O–H groups in total. The van der Waals surface area contributed by atoms with E-state index in [9.17, 15) is 18.4 Å². The first-order valence-electron chi connectivity index (χ1n) is 7.52. The maximum absolute atomic E-state index is 12.5. The number of benzene rings is 2. The van der Waals surface area contributed by atoms with Crippen molar-refractivity contribution < 1.29 is 23.1 Å². The summed E-state index contributed by atoms with van der Waals surface area (Å²) in [5, 5.41) is 2.52. The Hall–Kier alpha value is -2.96. The molecule has 0 bridgehead atoms. The van der Waals surface area contributed by atoms with E-state index in [1.54, 1.807) is 44.4 Å². The number of carbonyl (C=O) groups excluding carboxylic acids is 2. The average Bonchev–Trinajstić information content (AvgIpc) is 2.61. The molecule has 0 saturated carbocycles. The minimum absolute atomic E-state index is 0.0623. The van der Waals surface area contributed by atoms with Crippen LogP contribution >= 0.6 is 0 Å². The van der Waals surface area contributed by atoms with Crippen LogP contribution < -0.4 is 10.1 Å². The number of hydrogen-bond donors (Lipinski definition) is 1. The van der Waals surface area contributed by atoms with Gasteiger partial charge in [0.2, 0.25) is 0 Å². The summed E-state index contributed by atoms with van der Waals surface area (Å²) in [6, 6.07) is 12.6. The van der Waals surface area contributed by atoms with E-state index in [1.807, 2.05) is 0 Å². The van der Waals surface area contributed by atoms with Crippen LogP contribution in [0.15, 0.2) is 48.5 Å². The molecule has 25 heavy (non-hydrogen) atoms. The first-order valence-corrected chi connectivity index (χ1v) is 7.52. The fourth-order valence-corrected chi connectivity index (χ4v) is 2.30. The van der Waals surface area contributed by atoms with Crippen molar-refractivity contribution in [3.63, 3.8) is 0 Å². The largest absolute Gasteiger partial charge is 0.434 e. The molecular weight excluding hydrogens is 330 g/mol. The molecule has 0 spiro atoms. The number of nitrogens with one attached hydrogen (secondary N) is 1. The fourth-order valence-electron chi connectivity index (χ4n) is 2.30. The van der Waals surface area contributed by atoms with Crippen molar-refractivity contribution in [2.45, 2.75) is 13.2 Å². The van der Waals surface area contributed by atoms with Crippen molar-refractivity contribution in [3.05, 3.63) is 65.2 Å². The molecule has 2 aromatic rings. The highest BCUT2D eigenvalue weighted by molar-refractivity contribution is 5.97. The van der Waals surface area contributed by atoms with Gasteiger partial charge in [0.25, 0.3) is 11.8 Å². The molecule has 0 radical (unpaired) electrons. The van der Waals surface area contributed by atoms with Crippen LogP contribution in [0.3, 0.4) is 0 Å². The Bertz CT molecular complexity index is 748. The van der Waals surface area contributed by atoms with Gasteiger partial charge in [0, 0.05) is 26.2 Å². The molecule has 0 aliphatic heterocycles. The zero-order valence-corrected chi connectivity index (χ0v) is 13.8. The lowest BCUT2D eigenvalue weighted by atomic mass is 10.1. The Morgan fingerprint density at radius 3 is 2.36 bits per heavy atom. The predicted molar refractivity (Wildman–Crippen MR) is 88.7 cm³/mol. The van der Waals surface area contributed by atoms with Crippen LogP contribution in [-0.2, 0) is 6.54 Å². The van der Waals surface area contributed by atoms with Crippen LogP contribution in [0.1, 0.15) is 26.3 Å². The predicted octanol–water partition coefficient (Wildman–Crippen LogP) is 2.92. The van der Waals surface area contributed by atoms with Gasteiger partial charge in [-0.15, -0.1) is 0 Å². The van der Waals surface area contributed by atoms with Crippen LogP contribution in [0.2, 0.25) is 0 Å². The van der Waals surface area contributed by atoms with Gasteiger partial charge in [-0.3, -0.25) is 9.59 Å². The number of para-hydroxylation sites is 1. The van der Waals surface area contributed by atoms with Gasteiger partial charge in [0.1, 0.15) is 5.75 Å². The van der Waals surface area contributed by atoms with E-state index in [0.717, 1.165) is 5.56 Å². The van der Waals surface area contributed by atoms with Crippen molar-refractivity contribution >= 4 is 11.8 Å². The molecule has 2 amide bonds. The van der Waals surface area contributed by atoms with Crippen molar-refractivity contribution in [2.75, 3.05) is 14.1 Å². The molecule has 0 unspecified atom stereocenters. The highest BCUT2D eigenvalue weighted by Crippen LogP contribution is 2.22. The van der Waals surface area contributed by atoms with E-state index < -0.39 is 12.5 Å². The Kier molecular flexibility index (Phi) is 6.05. The van der Waals surface area contributed by atoms with E-state index in [1.165, 1.54) is 23.1 Å². The summed E-state index contributed by atoms with van der Waals surface area (Å²) in [5.74, 6) is -0.801. The molecule has 0 aliphatic rings. The number of hydrogen-bond acceptors (Lipinski definition) is 3. The van der Waals surface area contributed by atoms with Crippen LogP contribution in [0.5, 0.6) is 5.75 Å². The molecule has 0 aliphatic carbocycles. The van der Waals surface area contributed by atoms with Gasteiger partial charge < -0.3 is 15.0 Å². The third-order valence-electron chi connectivity index (χ3n) is 3.54. The average molecular weight is 348 g/mol. The molecule has 5 nitrogen and oxygen atoms in total. The van der Waals surface area contributed by atoms with Gasteiger partial charge in [-0.25, -0.2) is 0 Å². The Labute approximate surface area is 144 Å². The number of alkyl halides is 2. The third-order valence-corrected chi connectivity index (χ3v) is 3.54. The number of amides is 2. The molecule has 2 aromatic carbocycles. The number of rotatable bonds is 6. The summed E-state index contributed by atoms with van der Waals surface area (Å²) in [5.41, 5.74) is 1.37. The molecule has 132 valence electrons. The smallest absolute Gasteiger partial charge is 0.387 e. The van der Waals surface area contributed by atoms with Crippen molar-refractivity contribution in [1.82, 2.24) is 10.2 Å². The van der Waals surface area contributed by atoms with E-state index in [4.69, 9.17) is 0 Å². The lowest BCUT2D eigenvalue weighted by Gasteiger charge is -2.19. The topological polar surface area (TPSA) is 58.6 Å². The summed E-state index contributed by atoms with van der Waals surface area (Å²) >= 11 is 0. The molecule has 0 saturated heterocycles. The summed E-state index contributed by atoms with van der Waals surface area (Å²) in [6.07, 6.45) is 0. The zero-order chi connectivity index (χ0) is 18.4. The van der Waals surface area contributed by atoms with Gasteiger partial charge in [0.05, 0.1) is 5.56 Å². The summed E-state index contributed by atoms with van der Waals surface area (Å²) < 4.78 is 29.3. The quantitative estimate of drug-likeness (QED) is 0.873. The lowest BCUT2D eigenvalue weighted by Crippen LogP contribution is -2.27. The van der Waals surface area contributed by atoms with Crippen LogP contribution in [0.4, 0.5) is 8.78 Å². The molecule has 0 fully saturated rings. The standard InChI is InChI=1S/C18H18F2N2O3/c1-21-16(23)13-9-7-12(8-10-13)11-22(2)17(24)14-5-3-4-6-15(14)25-18(19)20/h3-10,18H,11H2,1-2H3,(H,21,23). The number of ether oxygens (including phenoxy) is 1. The molecule has 0 atom stereocenters. The fraction of sp³-hybridized carbons (Fsp3) is 0.222. The van der Waals surface area contributed by atoms with E-state index >= 15 is 0 Å². The monoisotopic (exact) mass is 348 g/mol. The molecule has 0 heterocycles. The van der Waals surface area contributed by atoms with Crippen LogP contribution in [-0.4, -0.2) is 37.4 Å². The normalized spacial score (nSPS) is 10.4. The summed E-state index contributed by atoms with van der Waals surface area (Å²) in [7, 11) is 3.11. The SMILES string of the molecule is CNC(=O)c1ccc(CN(C)C(=O)c2ccccc2OC(F)F)cc1. The maximum atomic E-state index is 12.5. The Morgan fingerprint density at radius 2 is 1.76 bits per heavy atom. The zero-order valence-electron chi connectivity index (χ0n) is 13.8. The van der Waals surface area contributed by atoms with E-state index in [2.05, 4.69) is 10.1 Å². The third kappa shape index (κ3) is 4.76. The van der Waals surface area contributed by atoms with Gasteiger partial charge in [0.15, 0.2) is 0 Å². The highest BCUT2D eigenvalue weighted by Gasteiger charge is 2.18. The number of nitrogens with zero attached hydrogens (tertiary/aromatic N) is 1. The molecular formula is C18H18F2N2O3. The van der Waals surface area contributed by atoms with Crippen molar-refractivity contribution in [1.29, 1.82) is 0 Å². The highest BCUT2D eigenvalue weighted by atomic mass is 19.3. The number of carbonyl (C=O) groups is 2. The molecule has 2 rings (SSSR count). The minimum Gasteiger partial charge on any atom is -0.434 e. The maximum Gasteiger partial charge on any atom is 0.387 e. The number of halogens is 2. The summed E-state index contributed by atoms with van der Waals surface area (Å²) in [6.45, 7) is -2.74. The molecule has 7 heteroatoms. The van der Waals surface area contributed by atoms with Gasteiger partial charge in [-0.2, -0.15) is 8.78 Å². The van der Waals surface area contributed by atoms with Gasteiger partial charge >= 0.3 is 6.61 Å². The summed E-state index contributed by atoms with van der Waals surface area (Å²) in [4.78, 5) is 25.4. The van der Waals surface area contributed by atoms with Crippen LogP contribution in [0, 0.1) is 0 Å². The Balaban J connectivity index is 2.12. The second-order valence-electron chi connectivity index (χ2n) is 5.31. The molecule has 0 aromatic heterocycles. The van der Waals surface area contributed by atoms with Gasteiger partial charge in [-0.05, 0) is 29.8 Å². The lowest BCUT2D eigenvalue weighted by molar-refractivity contribution is -0.0502. The van der Waals surface area contributed by atoms with Gasteiger partial charge in [-0.1, -0.05) is 24.3 Å². The van der Waals surface area contributed by atoms with Crippen molar-refractivity contribution in [3.8, 4) is 5.75 Å². The first kappa shape index (κ1) is 18.4. The minimum atomic E-state index is -3.00. The van der Waals surface area contributed by atoms with E-state index in [-0.39, 0.29) is 23.8 Å².